The molecule has 2 aliphatic rings. The number of hydrogen-bond acceptors (Lipinski definition) is 4. The number of fused-ring (bicyclic) bond motifs is 3. The molecule has 0 spiro atoms. The van der Waals surface area contributed by atoms with Crippen molar-refractivity contribution in [3.05, 3.63) is 23.3 Å². The SMILES string of the molecule is CSc1ccc2c(c1C(=O)O)OB(O)[C@@H]1C[C@H]21. The molecule has 4 nitrogen and oxygen atoms in total. The molecule has 0 bridgehead atoms. The van der Waals surface area contributed by atoms with Gasteiger partial charge in [0, 0.05) is 10.7 Å². The summed E-state index contributed by atoms with van der Waals surface area (Å²) < 4.78 is 5.38. The Morgan fingerprint density at radius 1 is 1.59 bits per heavy atom. The smallest absolute Gasteiger partial charge is 0.526 e. The van der Waals surface area contributed by atoms with Crippen LogP contribution in [0.1, 0.15) is 28.3 Å². The van der Waals surface area contributed by atoms with Crippen LogP contribution in [0.2, 0.25) is 5.82 Å². The lowest BCUT2D eigenvalue weighted by molar-refractivity contribution is 0.0690. The van der Waals surface area contributed by atoms with E-state index in [9.17, 15) is 14.9 Å². The summed E-state index contributed by atoms with van der Waals surface area (Å²) in [5, 5.41) is 19.0. The molecular weight excluding hydrogens is 239 g/mol. The summed E-state index contributed by atoms with van der Waals surface area (Å²) in [5.74, 6) is -0.236. The van der Waals surface area contributed by atoms with Crippen LogP contribution in [0.15, 0.2) is 17.0 Å². The van der Waals surface area contributed by atoms with E-state index in [2.05, 4.69) is 0 Å². The lowest BCUT2D eigenvalue weighted by atomic mass is 9.77. The van der Waals surface area contributed by atoms with Gasteiger partial charge in [-0.3, -0.25) is 0 Å². The van der Waals surface area contributed by atoms with Crippen molar-refractivity contribution < 1.29 is 19.6 Å². The standard InChI is InChI=1S/C11H11BO4S/c1-17-8-3-2-5-6-4-7(6)12(15)16-10(5)9(8)11(13)14/h2-3,6-7,15H,4H2,1H3,(H,13,14)/t6-,7-/m1/s1. The fourth-order valence-corrected chi connectivity index (χ4v) is 3.06. The molecule has 0 amide bonds. The average Bonchev–Trinajstić information content (AvgIpc) is 3.08. The Balaban J connectivity index is 2.18. The second-order valence-corrected chi connectivity index (χ2v) is 5.23. The Morgan fingerprint density at radius 3 is 3.00 bits per heavy atom. The third-order valence-corrected chi connectivity index (χ3v) is 4.21. The second kappa shape index (κ2) is 3.68. The molecule has 2 atom stereocenters. The van der Waals surface area contributed by atoms with E-state index >= 15 is 0 Å². The maximum absolute atomic E-state index is 11.3. The molecule has 0 radical (unpaired) electrons. The minimum atomic E-state index is -1.00. The van der Waals surface area contributed by atoms with Crippen molar-refractivity contribution in [3.8, 4) is 5.75 Å². The molecule has 1 aliphatic carbocycles. The summed E-state index contributed by atoms with van der Waals surface area (Å²) in [5.41, 5.74) is 1.11. The molecule has 1 aromatic carbocycles. The maximum atomic E-state index is 11.3. The Kier molecular flexibility index (Phi) is 2.38. The minimum absolute atomic E-state index is 0.143. The minimum Gasteiger partial charge on any atom is -0.535 e. The zero-order valence-electron chi connectivity index (χ0n) is 9.21. The van der Waals surface area contributed by atoms with Gasteiger partial charge in [-0.15, -0.1) is 11.8 Å². The van der Waals surface area contributed by atoms with Crippen LogP contribution in [0.25, 0.3) is 0 Å². The van der Waals surface area contributed by atoms with Gasteiger partial charge < -0.3 is 14.8 Å². The van der Waals surface area contributed by atoms with Crippen molar-refractivity contribution in [3.63, 3.8) is 0 Å². The van der Waals surface area contributed by atoms with Crippen LogP contribution in [0.4, 0.5) is 0 Å². The van der Waals surface area contributed by atoms with Crippen molar-refractivity contribution in [1.82, 2.24) is 0 Å². The van der Waals surface area contributed by atoms with Gasteiger partial charge in [0.05, 0.1) is 0 Å². The van der Waals surface area contributed by atoms with Gasteiger partial charge in [0.2, 0.25) is 0 Å². The van der Waals surface area contributed by atoms with Gasteiger partial charge in [-0.25, -0.2) is 4.79 Å². The van der Waals surface area contributed by atoms with Crippen LogP contribution in [0.5, 0.6) is 5.75 Å². The molecule has 0 aromatic heterocycles. The lowest BCUT2D eigenvalue weighted by Gasteiger charge is -2.22. The van der Waals surface area contributed by atoms with Crippen molar-refractivity contribution in [1.29, 1.82) is 0 Å². The van der Waals surface area contributed by atoms with Crippen LogP contribution in [0, 0.1) is 0 Å². The number of benzene rings is 1. The van der Waals surface area contributed by atoms with Gasteiger partial charge in [-0.2, -0.15) is 0 Å². The largest absolute Gasteiger partial charge is 0.535 e. The summed E-state index contributed by atoms with van der Waals surface area (Å²) in [4.78, 5) is 12.0. The predicted octanol–water partition coefficient (Wildman–Crippen LogP) is 1.84. The van der Waals surface area contributed by atoms with E-state index in [-0.39, 0.29) is 17.3 Å². The first kappa shape index (κ1) is 11.0. The van der Waals surface area contributed by atoms with Crippen molar-refractivity contribution in [2.24, 2.45) is 0 Å². The van der Waals surface area contributed by atoms with Crippen LogP contribution in [0.3, 0.4) is 0 Å². The number of carboxylic acid groups (broad SMARTS) is 1. The predicted molar refractivity (Wildman–Crippen MR) is 64.9 cm³/mol. The van der Waals surface area contributed by atoms with Crippen molar-refractivity contribution >= 4 is 24.8 Å². The molecule has 2 N–H and O–H groups in total. The van der Waals surface area contributed by atoms with Crippen LogP contribution in [-0.4, -0.2) is 29.5 Å². The van der Waals surface area contributed by atoms with Crippen LogP contribution < -0.4 is 4.65 Å². The number of thioether (sulfide) groups is 1. The summed E-state index contributed by atoms with van der Waals surface area (Å²) in [6.07, 6.45) is 2.71. The fourth-order valence-electron chi connectivity index (χ4n) is 2.47. The quantitative estimate of drug-likeness (QED) is 0.619. The molecule has 1 aromatic rings. The highest BCUT2D eigenvalue weighted by Crippen LogP contribution is 2.60. The average molecular weight is 250 g/mol. The summed E-state index contributed by atoms with van der Waals surface area (Å²) >= 11 is 1.37. The molecule has 1 saturated carbocycles. The number of carboxylic acids is 1. The molecule has 3 rings (SSSR count). The first-order valence-corrected chi connectivity index (χ1v) is 6.65. The highest BCUT2D eigenvalue weighted by Gasteiger charge is 2.54. The van der Waals surface area contributed by atoms with E-state index in [1.54, 1.807) is 0 Å². The van der Waals surface area contributed by atoms with E-state index in [0.717, 1.165) is 12.0 Å². The molecule has 1 heterocycles. The van der Waals surface area contributed by atoms with Crippen molar-refractivity contribution in [2.45, 2.75) is 23.1 Å². The van der Waals surface area contributed by atoms with Crippen LogP contribution >= 0.6 is 11.8 Å². The number of carbonyl (C=O) groups is 1. The first-order valence-electron chi connectivity index (χ1n) is 5.42. The molecule has 6 heteroatoms. The van der Waals surface area contributed by atoms with Gasteiger partial charge in [0.25, 0.3) is 0 Å². The normalized spacial score (nSPS) is 24.7. The third-order valence-electron chi connectivity index (χ3n) is 3.43. The number of rotatable bonds is 2. The molecule has 1 fully saturated rings. The zero-order chi connectivity index (χ0) is 12.2. The Hall–Kier alpha value is -1.14. The fraction of sp³-hybridized carbons (Fsp3) is 0.364. The van der Waals surface area contributed by atoms with E-state index < -0.39 is 13.1 Å². The van der Waals surface area contributed by atoms with E-state index in [4.69, 9.17) is 4.65 Å². The maximum Gasteiger partial charge on any atom is 0.526 e. The Bertz CT molecular complexity index is 504. The highest BCUT2D eigenvalue weighted by molar-refractivity contribution is 7.98. The molecular formula is C11H11BO4S. The Morgan fingerprint density at radius 2 is 2.35 bits per heavy atom. The summed E-state index contributed by atoms with van der Waals surface area (Å²) in [6.45, 7) is 0. The summed E-state index contributed by atoms with van der Waals surface area (Å²) in [6, 6.07) is 3.74. The van der Waals surface area contributed by atoms with Crippen molar-refractivity contribution in [2.75, 3.05) is 6.26 Å². The van der Waals surface area contributed by atoms with Gasteiger partial charge in [0.1, 0.15) is 11.3 Å². The van der Waals surface area contributed by atoms with E-state index in [1.807, 2.05) is 18.4 Å². The van der Waals surface area contributed by atoms with Gasteiger partial charge in [-0.1, -0.05) is 6.07 Å². The molecule has 0 saturated heterocycles. The molecule has 17 heavy (non-hydrogen) atoms. The zero-order valence-corrected chi connectivity index (χ0v) is 10.0. The number of hydrogen-bond donors (Lipinski definition) is 2. The first-order chi connectivity index (χ1) is 8.13. The summed E-state index contributed by atoms with van der Waals surface area (Å²) in [7, 11) is -0.859. The van der Waals surface area contributed by atoms with Crippen LogP contribution in [-0.2, 0) is 0 Å². The monoisotopic (exact) mass is 250 g/mol. The third kappa shape index (κ3) is 1.55. The Labute approximate surface area is 103 Å². The highest BCUT2D eigenvalue weighted by atomic mass is 32.2. The second-order valence-electron chi connectivity index (χ2n) is 4.38. The van der Waals surface area contributed by atoms with E-state index in [0.29, 0.717) is 10.6 Å². The molecule has 88 valence electrons. The number of aromatic carboxylic acids is 1. The van der Waals surface area contributed by atoms with Gasteiger partial charge in [-0.05, 0) is 30.2 Å². The van der Waals surface area contributed by atoms with E-state index in [1.165, 1.54) is 11.8 Å². The lowest BCUT2D eigenvalue weighted by Crippen LogP contribution is -2.27. The molecule has 0 unspecified atom stereocenters. The van der Waals surface area contributed by atoms with Gasteiger partial charge in [0.15, 0.2) is 0 Å². The van der Waals surface area contributed by atoms with Gasteiger partial charge >= 0.3 is 13.1 Å². The molecule has 1 aliphatic heterocycles. The topological polar surface area (TPSA) is 66.8 Å².